The van der Waals surface area contributed by atoms with E-state index in [9.17, 15) is 27.9 Å². The smallest absolute Gasteiger partial charge is 0.433 e. The van der Waals surface area contributed by atoms with Crippen LogP contribution in [0.3, 0.4) is 0 Å². The minimum Gasteiger partial charge on any atom is -0.481 e. The lowest BCUT2D eigenvalue weighted by atomic mass is 9.86. The molecular formula is C26H36F3N3O8. The Labute approximate surface area is 230 Å². The highest BCUT2D eigenvalue weighted by atomic mass is 19.4. The van der Waals surface area contributed by atoms with Gasteiger partial charge in [0, 0.05) is 0 Å². The normalized spacial score (nSPS) is 29.6. The number of carboxylic acids is 1. The molecule has 4 rings (SSSR count). The number of rotatable bonds is 10. The van der Waals surface area contributed by atoms with Gasteiger partial charge < -0.3 is 39.4 Å². The third kappa shape index (κ3) is 6.20. The summed E-state index contributed by atoms with van der Waals surface area (Å²) >= 11 is 0. The molecule has 11 nitrogen and oxygen atoms in total. The molecule has 5 atom stereocenters. The van der Waals surface area contributed by atoms with Crippen molar-refractivity contribution in [2.45, 2.75) is 83.6 Å². The Morgan fingerprint density at radius 2 is 1.77 bits per heavy atom. The zero-order valence-corrected chi connectivity index (χ0v) is 23.3. The summed E-state index contributed by atoms with van der Waals surface area (Å²) in [6, 6.07) is 2.78. The highest BCUT2D eigenvalue weighted by Crippen LogP contribution is 2.47. The van der Waals surface area contributed by atoms with Gasteiger partial charge in [0.05, 0.1) is 37.2 Å². The van der Waals surface area contributed by atoms with Gasteiger partial charge in [0.25, 0.3) is 0 Å². The predicted molar refractivity (Wildman–Crippen MR) is 133 cm³/mol. The Hall–Kier alpha value is -2.52. The number of carboxylic acid groups (broad SMARTS) is 1. The van der Waals surface area contributed by atoms with Crippen LogP contribution in [0.2, 0.25) is 0 Å². The number of fused-ring (bicyclic) bond motifs is 4. The summed E-state index contributed by atoms with van der Waals surface area (Å²) in [6.07, 6.45) is -6.96. The molecule has 1 amide bonds. The number of nitrogens with one attached hydrogen (secondary N) is 2. The van der Waals surface area contributed by atoms with Gasteiger partial charge in [-0.15, -0.1) is 0 Å². The van der Waals surface area contributed by atoms with Crippen molar-refractivity contribution in [3.8, 4) is 0 Å². The number of hydrogen-bond donors (Lipinski definition) is 3. The summed E-state index contributed by atoms with van der Waals surface area (Å²) in [5.41, 5.74) is -4.27. The molecule has 1 aromatic heterocycles. The monoisotopic (exact) mass is 575 g/mol. The van der Waals surface area contributed by atoms with E-state index in [2.05, 4.69) is 15.6 Å². The second-order valence-electron chi connectivity index (χ2n) is 12.2. The number of hydrogen-bond acceptors (Lipinski definition) is 9. The third-order valence-corrected chi connectivity index (χ3v) is 7.16. The fraction of sp³-hybridized carbons (Fsp3) is 0.731. The van der Waals surface area contributed by atoms with Crippen molar-refractivity contribution in [3.63, 3.8) is 0 Å². The average Bonchev–Trinajstić information content (AvgIpc) is 3.39. The molecule has 1 aromatic rings. The number of ether oxygens (including phenoxy) is 5. The number of carbonyl (C=O) groups excluding carboxylic acids is 1. The summed E-state index contributed by atoms with van der Waals surface area (Å²) < 4.78 is 69.6. The molecule has 2 bridgehead atoms. The maximum absolute atomic E-state index is 13.2. The van der Waals surface area contributed by atoms with E-state index in [0.717, 1.165) is 6.07 Å². The maximum Gasteiger partial charge on any atom is 0.433 e. The summed E-state index contributed by atoms with van der Waals surface area (Å²) in [5, 5.41) is 15.1. The van der Waals surface area contributed by atoms with Crippen molar-refractivity contribution in [3.05, 3.63) is 23.9 Å². The quantitative estimate of drug-likeness (QED) is 0.382. The second-order valence-corrected chi connectivity index (χ2v) is 12.2. The van der Waals surface area contributed by atoms with E-state index in [1.807, 2.05) is 0 Å². The number of anilines is 1. The average molecular weight is 576 g/mol. The first-order valence-corrected chi connectivity index (χ1v) is 12.9. The fourth-order valence-corrected chi connectivity index (χ4v) is 4.81. The lowest BCUT2D eigenvalue weighted by Crippen LogP contribution is -2.65. The molecule has 3 saturated heterocycles. The van der Waals surface area contributed by atoms with Crippen molar-refractivity contribution >= 4 is 17.7 Å². The van der Waals surface area contributed by atoms with Crippen molar-refractivity contribution < 1.29 is 51.6 Å². The van der Waals surface area contributed by atoms with E-state index in [4.69, 9.17) is 23.7 Å². The number of alkyl halides is 3. The highest BCUT2D eigenvalue weighted by molar-refractivity contribution is 5.82. The molecule has 224 valence electrons. The Morgan fingerprint density at radius 3 is 2.42 bits per heavy atom. The van der Waals surface area contributed by atoms with Gasteiger partial charge in [-0.25, -0.2) is 4.98 Å². The molecule has 40 heavy (non-hydrogen) atoms. The lowest BCUT2D eigenvalue weighted by Gasteiger charge is -2.43. The maximum atomic E-state index is 13.2. The van der Waals surface area contributed by atoms with Crippen molar-refractivity contribution in [1.82, 2.24) is 10.3 Å². The van der Waals surface area contributed by atoms with Crippen LogP contribution in [0.1, 0.15) is 47.2 Å². The van der Waals surface area contributed by atoms with Gasteiger partial charge in [0.2, 0.25) is 5.91 Å². The number of aliphatic carboxylic acids is 1. The molecular weight excluding hydrogens is 539 g/mol. The van der Waals surface area contributed by atoms with Gasteiger partial charge in [-0.05, 0) is 53.7 Å². The second kappa shape index (κ2) is 10.4. The van der Waals surface area contributed by atoms with Crippen LogP contribution in [0.25, 0.3) is 0 Å². The van der Waals surface area contributed by atoms with Crippen molar-refractivity contribution in [1.29, 1.82) is 0 Å². The number of halogens is 3. The molecule has 3 aliphatic heterocycles. The number of aromatic nitrogens is 1. The SMILES string of the molecule is CC1(C)O[C@@H]2[C@@H](Nc3cccc(C(F)(F)F)n3)[C@H]3OC[C@](CNC(=O)C(C)(C)COCC(C)(C)C(=O)O)(O3)[C@@H]2O1. The van der Waals surface area contributed by atoms with Crippen LogP contribution in [0.5, 0.6) is 0 Å². The van der Waals surface area contributed by atoms with E-state index in [1.54, 1.807) is 27.7 Å². The molecule has 0 radical (unpaired) electrons. The van der Waals surface area contributed by atoms with Crippen LogP contribution in [0.4, 0.5) is 19.0 Å². The largest absolute Gasteiger partial charge is 0.481 e. The van der Waals surface area contributed by atoms with E-state index in [1.165, 1.54) is 26.0 Å². The van der Waals surface area contributed by atoms with Gasteiger partial charge >= 0.3 is 12.1 Å². The van der Waals surface area contributed by atoms with Gasteiger partial charge in [0.1, 0.15) is 35.4 Å². The van der Waals surface area contributed by atoms with Crippen LogP contribution in [0.15, 0.2) is 18.2 Å². The van der Waals surface area contributed by atoms with E-state index >= 15 is 0 Å². The summed E-state index contributed by atoms with van der Waals surface area (Å²) in [4.78, 5) is 28.1. The Kier molecular flexibility index (Phi) is 7.91. The van der Waals surface area contributed by atoms with E-state index in [0.29, 0.717) is 0 Å². The van der Waals surface area contributed by atoms with Crippen molar-refractivity contribution in [2.24, 2.45) is 10.8 Å². The number of carbonyl (C=O) groups is 2. The number of pyridine rings is 1. The number of nitrogens with zero attached hydrogens (tertiary/aromatic N) is 1. The summed E-state index contributed by atoms with van der Waals surface area (Å²) in [5.74, 6) is -2.43. The molecule has 0 saturated carbocycles. The summed E-state index contributed by atoms with van der Waals surface area (Å²) in [7, 11) is 0. The zero-order chi connectivity index (χ0) is 29.7. The molecule has 0 aromatic carbocycles. The minimum atomic E-state index is -4.61. The molecule has 3 N–H and O–H groups in total. The van der Waals surface area contributed by atoms with Crippen LogP contribution in [0, 0.1) is 10.8 Å². The molecule has 3 fully saturated rings. The Balaban J connectivity index is 1.45. The first-order valence-electron chi connectivity index (χ1n) is 12.9. The van der Waals surface area contributed by atoms with Crippen LogP contribution < -0.4 is 10.6 Å². The molecule has 4 heterocycles. The Bertz CT molecular complexity index is 1130. The topological polar surface area (TPSA) is 137 Å². The molecule has 0 unspecified atom stereocenters. The van der Waals surface area contributed by atoms with Crippen LogP contribution in [-0.4, -0.2) is 84.3 Å². The zero-order valence-electron chi connectivity index (χ0n) is 23.3. The Morgan fingerprint density at radius 1 is 1.10 bits per heavy atom. The van der Waals surface area contributed by atoms with E-state index in [-0.39, 0.29) is 38.1 Å². The van der Waals surface area contributed by atoms with Gasteiger partial charge in [-0.1, -0.05) is 6.07 Å². The minimum absolute atomic E-state index is 0.00151. The first kappa shape index (κ1) is 30.4. The van der Waals surface area contributed by atoms with Crippen LogP contribution in [-0.2, 0) is 39.4 Å². The lowest BCUT2D eigenvalue weighted by molar-refractivity contribution is -0.189. The standard InChI is InChI=1S/C26H36F3N3O8/c1-22(2,11-36-12-23(3,4)21(34)35)20(33)30-10-25-13-37-19(40-25)16(17-18(25)39-24(5,6)38-17)32-15-9-7-8-14(31-15)26(27,28)29/h7-9,16-19H,10-13H2,1-6H3,(H,30,33)(H,31,32)(H,34,35)/t16-,17-,18-,19+,25+/m1/s1. The van der Waals surface area contributed by atoms with E-state index < -0.39 is 64.6 Å². The van der Waals surface area contributed by atoms with Crippen molar-refractivity contribution in [2.75, 3.05) is 31.7 Å². The van der Waals surface area contributed by atoms with Gasteiger partial charge in [-0.2, -0.15) is 13.2 Å². The predicted octanol–water partition coefficient (Wildman–Crippen LogP) is 2.80. The highest BCUT2D eigenvalue weighted by Gasteiger charge is 2.66. The van der Waals surface area contributed by atoms with Crippen LogP contribution >= 0.6 is 0 Å². The molecule has 0 spiro atoms. The fourth-order valence-electron chi connectivity index (χ4n) is 4.81. The molecule has 3 aliphatic rings. The molecule has 0 aliphatic carbocycles. The third-order valence-electron chi connectivity index (χ3n) is 7.16. The van der Waals surface area contributed by atoms with Gasteiger partial charge in [-0.3, -0.25) is 9.59 Å². The van der Waals surface area contributed by atoms with Gasteiger partial charge in [0.15, 0.2) is 12.1 Å². The molecule has 14 heteroatoms. The number of amides is 1. The first-order chi connectivity index (χ1) is 18.4. The summed E-state index contributed by atoms with van der Waals surface area (Å²) in [6.45, 7) is 9.79.